The van der Waals surface area contributed by atoms with Gasteiger partial charge < -0.3 is 10.3 Å². The largest absolute Gasteiger partial charge is 0.369 e. The van der Waals surface area contributed by atoms with Crippen molar-refractivity contribution in [2.24, 2.45) is 0 Å². The first kappa shape index (κ1) is 18.4. The van der Waals surface area contributed by atoms with Gasteiger partial charge in [0, 0.05) is 35.5 Å². The summed E-state index contributed by atoms with van der Waals surface area (Å²) >= 11 is 0. The zero-order valence-electron chi connectivity index (χ0n) is 16.2. The number of hydrogen-bond acceptors (Lipinski definition) is 4. The van der Waals surface area contributed by atoms with Gasteiger partial charge in [-0.2, -0.15) is 0 Å². The summed E-state index contributed by atoms with van der Waals surface area (Å²) in [5.41, 5.74) is 3.07. The monoisotopic (exact) mass is 374 g/mol. The van der Waals surface area contributed by atoms with E-state index >= 15 is 0 Å². The highest BCUT2D eigenvalue weighted by Crippen LogP contribution is 2.41. The lowest BCUT2D eigenvalue weighted by molar-refractivity contribution is 0.466. The molecule has 0 spiro atoms. The topological polar surface area (TPSA) is 70.7 Å². The normalized spacial score (nSPS) is 15.5. The highest BCUT2D eigenvalue weighted by molar-refractivity contribution is 5.56. The van der Waals surface area contributed by atoms with Crippen LogP contribution in [0, 0.1) is 0 Å². The lowest BCUT2D eigenvalue weighted by atomic mass is 9.79. The average Bonchev–Trinajstić information content (AvgIpc) is 3.23. The van der Waals surface area contributed by atoms with Crippen molar-refractivity contribution in [3.8, 4) is 11.4 Å². The molecule has 1 saturated carbocycles. The van der Waals surface area contributed by atoms with E-state index in [4.69, 9.17) is 0 Å². The third-order valence-electron chi connectivity index (χ3n) is 5.75. The van der Waals surface area contributed by atoms with E-state index in [0.717, 1.165) is 30.0 Å². The van der Waals surface area contributed by atoms with Gasteiger partial charge in [0.05, 0.1) is 0 Å². The molecule has 5 nitrogen and oxygen atoms in total. The number of benzene rings is 1. The molecule has 28 heavy (non-hydrogen) atoms. The lowest BCUT2D eigenvalue weighted by Crippen LogP contribution is -2.31. The van der Waals surface area contributed by atoms with E-state index in [-0.39, 0.29) is 11.0 Å². The van der Waals surface area contributed by atoms with Crippen molar-refractivity contribution in [3.63, 3.8) is 0 Å². The van der Waals surface area contributed by atoms with Crippen LogP contribution in [-0.4, -0.2) is 21.5 Å². The number of rotatable bonds is 6. The maximum atomic E-state index is 11.8. The standard InChI is InChI=1S/C23H26N4O/c1-2-19-14-21(28)27-22(26-19)17-10-11-20(24-15-17)25-16-23(12-6-7-13-23)18-8-4-3-5-9-18/h3-5,8-11,14-15H,2,6-7,12-13,16H2,1H3,(H,24,25)(H,26,27,28). The molecular weight excluding hydrogens is 348 g/mol. The van der Waals surface area contributed by atoms with E-state index in [1.165, 1.54) is 37.3 Å². The fourth-order valence-corrected chi connectivity index (χ4v) is 4.14. The van der Waals surface area contributed by atoms with Crippen LogP contribution in [-0.2, 0) is 11.8 Å². The van der Waals surface area contributed by atoms with Gasteiger partial charge in [0.2, 0.25) is 0 Å². The number of nitrogens with zero attached hydrogens (tertiary/aromatic N) is 2. The number of H-pyrrole nitrogens is 1. The minimum Gasteiger partial charge on any atom is -0.369 e. The third-order valence-corrected chi connectivity index (χ3v) is 5.75. The molecule has 0 aliphatic heterocycles. The number of aromatic nitrogens is 3. The summed E-state index contributed by atoms with van der Waals surface area (Å²) in [7, 11) is 0. The SMILES string of the molecule is CCc1cc(=O)[nH]c(-c2ccc(NCC3(c4ccccc4)CCCC3)nc2)n1. The van der Waals surface area contributed by atoms with Gasteiger partial charge in [0.25, 0.3) is 5.56 Å². The molecule has 1 aliphatic carbocycles. The van der Waals surface area contributed by atoms with E-state index in [1.807, 2.05) is 19.1 Å². The summed E-state index contributed by atoms with van der Waals surface area (Å²) in [6.45, 7) is 2.87. The molecule has 2 aromatic heterocycles. The van der Waals surface area contributed by atoms with Crippen LogP contribution < -0.4 is 10.9 Å². The van der Waals surface area contributed by atoms with Crippen molar-refractivity contribution in [2.75, 3.05) is 11.9 Å². The third kappa shape index (κ3) is 3.84. The summed E-state index contributed by atoms with van der Waals surface area (Å²) in [6, 6.07) is 16.3. The summed E-state index contributed by atoms with van der Waals surface area (Å²) in [5.74, 6) is 1.42. The maximum Gasteiger partial charge on any atom is 0.251 e. The van der Waals surface area contributed by atoms with E-state index in [1.54, 1.807) is 6.20 Å². The Morgan fingerprint density at radius 3 is 2.57 bits per heavy atom. The Morgan fingerprint density at radius 1 is 1.11 bits per heavy atom. The quantitative estimate of drug-likeness (QED) is 0.674. The Labute approximate surface area is 165 Å². The van der Waals surface area contributed by atoms with Gasteiger partial charge in [0.15, 0.2) is 0 Å². The van der Waals surface area contributed by atoms with Crippen LogP contribution in [0.1, 0.15) is 43.9 Å². The second-order valence-corrected chi connectivity index (χ2v) is 7.58. The van der Waals surface area contributed by atoms with Gasteiger partial charge in [-0.25, -0.2) is 9.97 Å². The zero-order valence-corrected chi connectivity index (χ0v) is 16.2. The Hall–Kier alpha value is -2.95. The van der Waals surface area contributed by atoms with Crippen LogP contribution in [0.4, 0.5) is 5.82 Å². The second-order valence-electron chi connectivity index (χ2n) is 7.58. The summed E-state index contributed by atoms with van der Waals surface area (Å²) in [4.78, 5) is 23.6. The highest BCUT2D eigenvalue weighted by atomic mass is 16.1. The molecule has 0 bridgehead atoms. The number of nitrogens with one attached hydrogen (secondary N) is 2. The van der Waals surface area contributed by atoms with Crippen LogP contribution in [0.3, 0.4) is 0 Å². The number of hydrogen-bond donors (Lipinski definition) is 2. The van der Waals surface area contributed by atoms with Crippen LogP contribution in [0.25, 0.3) is 11.4 Å². The Balaban J connectivity index is 1.50. The zero-order chi connectivity index (χ0) is 19.4. The molecule has 4 rings (SSSR count). The second kappa shape index (κ2) is 7.97. The summed E-state index contributed by atoms with van der Waals surface area (Å²) < 4.78 is 0. The minimum atomic E-state index is -0.130. The molecular formula is C23H26N4O. The predicted molar refractivity (Wildman–Crippen MR) is 113 cm³/mol. The van der Waals surface area contributed by atoms with Gasteiger partial charge in [0.1, 0.15) is 11.6 Å². The van der Waals surface area contributed by atoms with Crippen molar-refractivity contribution in [1.29, 1.82) is 0 Å². The molecule has 1 aliphatic rings. The van der Waals surface area contributed by atoms with Crippen molar-refractivity contribution in [3.05, 3.63) is 76.3 Å². The molecule has 2 N–H and O–H groups in total. The minimum absolute atomic E-state index is 0.130. The van der Waals surface area contributed by atoms with Crippen LogP contribution in [0.5, 0.6) is 0 Å². The van der Waals surface area contributed by atoms with E-state index in [2.05, 4.69) is 50.6 Å². The first-order valence-electron chi connectivity index (χ1n) is 10.0. The predicted octanol–water partition coefficient (Wildman–Crippen LogP) is 4.32. The fraction of sp³-hybridized carbons (Fsp3) is 0.348. The molecule has 0 amide bonds. The van der Waals surface area contributed by atoms with Crippen LogP contribution in [0.15, 0.2) is 59.5 Å². The fourth-order valence-electron chi connectivity index (χ4n) is 4.14. The van der Waals surface area contributed by atoms with Gasteiger partial charge in [-0.05, 0) is 37.0 Å². The average molecular weight is 374 g/mol. The van der Waals surface area contributed by atoms with Gasteiger partial charge >= 0.3 is 0 Å². The van der Waals surface area contributed by atoms with Crippen LogP contribution in [0.2, 0.25) is 0 Å². The molecule has 144 valence electrons. The van der Waals surface area contributed by atoms with Gasteiger partial charge in [-0.3, -0.25) is 4.79 Å². The van der Waals surface area contributed by atoms with E-state index in [9.17, 15) is 4.79 Å². The number of aryl methyl sites for hydroxylation is 1. The summed E-state index contributed by atoms with van der Waals surface area (Å²) in [6.07, 6.45) is 7.45. The molecule has 0 atom stereocenters. The lowest BCUT2D eigenvalue weighted by Gasteiger charge is -2.30. The van der Waals surface area contributed by atoms with Crippen molar-refractivity contribution >= 4 is 5.82 Å². The first-order chi connectivity index (χ1) is 13.7. The number of aromatic amines is 1. The Morgan fingerprint density at radius 2 is 1.89 bits per heavy atom. The highest BCUT2D eigenvalue weighted by Gasteiger charge is 2.35. The van der Waals surface area contributed by atoms with Crippen molar-refractivity contribution in [2.45, 2.75) is 44.4 Å². The maximum absolute atomic E-state index is 11.8. The molecule has 5 heteroatoms. The molecule has 0 saturated heterocycles. The van der Waals surface area contributed by atoms with Gasteiger partial charge in [-0.1, -0.05) is 50.1 Å². The first-order valence-corrected chi connectivity index (χ1v) is 10.0. The Bertz CT molecular complexity index is 973. The molecule has 1 aromatic carbocycles. The van der Waals surface area contributed by atoms with E-state index < -0.39 is 0 Å². The van der Waals surface area contributed by atoms with Crippen molar-refractivity contribution in [1.82, 2.24) is 15.0 Å². The molecule has 3 aromatic rings. The van der Waals surface area contributed by atoms with Gasteiger partial charge in [-0.15, -0.1) is 0 Å². The molecule has 2 heterocycles. The Kier molecular flexibility index (Phi) is 5.24. The number of anilines is 1. The van der Waals surface area contributed by atoms with Crippen molar-refractivity contribution < 1.29 is 0 Å². The van der Waals surface area contributed by atoms with E-state index in [0.29, 0.717) is 5.82 Å². The van der Waals surface area contributed by atoms with Crippen LogP contribution >= 0.6 is 0 Å². The number of pyridine rings is 1. The molecule has 0 radical (unpaired) electrons. The molecule has 1 fully saturated rings. The summed E-state index contributed by atoms with van der Waals surface area (Å²) in [5, 5.41) is 3.54. The molecule has 0 unspecified atom stereocenters. The smallest absolute Gasteiger partial charge is 0.251 e.